The highest BCUT2D eigenvalue weighted by Gasteiger charge is 2.34. The quantitative estimate of drug-likeness (QED) is 0.741. The molecule has 1 atom stereocenters. The summed E-state index contributed by atoms with van der Waals surface area (Å²) in [6.45, 7) is 4.39. The average Bonchev–Trinajstić information content (AvgIpc) is 2.70. The van der Waals surface area contributed by atoms with Crippen LogP contribution in [0.3, 0.4) is 0 Å². The van der Waals surface area contributed by atoms with Crippen molar-refractivity contribution in [2.45, 2.75) is 38.7 Å². The third-order valence-corrected chi connectivity index (χ3v) is 5.39. The topological polar surface area (TPSA) is 70.9 Å². The van der Waals surface area contributed by atoms with E-state index in [0.717, 1.165) is 47.6 Å². The van der Waals surface area contributed by atoms with Crippen LogP contribution in [0.5, 0.6) is 0 Å². The Morgan fingerprint density at radius 1 is 1.07 bits per heavy atom. The monoisotopic (exact) mass is 360 g/mol. The zero-order valence-electron chi connectivity index (χ0n) is 15.7. The molecule has 1 aromatic carbocycles. The number of benzene rings is 1. The zero-order valence-corrected chi connectivity index (χ0v) is 15.7. The van der Waals surface area contributed by atoms with Crippen molar-refractivity contribution < 1.29 is 5.11 Å². The number of pyridine rings is 1. The SMILES string of the molecule is Cc1nc(-c2ccccn2)nc(NCC2(O)CCCc3ccccc32)c1C. The number of rotatable bonds is 4. The van der Waals surface area contributed by atoms with Crippen LogP contribution in [0.25, 0.3) is 11.5 Å². The van der Waals surface area contributed by atoms with Gasteiger partial charge in [-0.3, -0.25) is 4.98 Å². The first-order chi connectivity index (χ1) is 13.1. The first-order valence-corrected chi connectivity index (χ1v) is 9.38. The summed E-state index contributed by atoms with van der Waals surface area (Å²) in [5.41, 5.74) is 4.01. The van der Waals surface area contributed by atoms with E-state index in [9.17, 15) is 5.11 Å². The predicted molar refractivity (Wildman–Crippen MR) is 107 cm³/mol. The third kappa shape index (κ3) is 3.43. The van der Waals surface area contributed by atoms with E-state index in [1.54, 1.807) is 6.20 Å². The maximum atomic E-state index is 11.3. The van der Waals surface area contributed by atoms with Crippen LogP contribution >= 0.6 is 0 Å². The summed E-state index contributed by atoms with van der Waals surface area (Å²) in [5.74, 6) is 1.34. The van der Waals surface area contributed by atoms with Gasteiger partial charge in [-0.15, -0.1) is 0 Å². The van der Waals surface area contributed by atoms with Gasteiger partial charge in [-0.25, -0.2) is 9.97 Å². The van der Waals surface area contributed by atoms with Crippen molar-refractivity contribution in [1.82, 2.24) is 15.0 Å². The second-order valence-electron chi connectivity index (χ2n) is 7.22. The molecule has 0 saturated heterocycles. The van der Waals surface area contributed by atoms with Crippen LogP contribution < -0.4 is 5.32 Å². The number of hydrogen-bond donors (Lipinski definition) is 2. The van der Waals surface area contributed by atoms with Gasteiger partial charge in [0.15, 0.2) is 5.82 Å². The molecule has 5 nitrogen and oxygen atoms in total. The van der Waals surface area contributed by atoms with Crippen LogP contribution in [-0.2, 0) is 12.0 Å². The highest BCUT2D eigenvalue weighted by molar-refractivity contribution is 5.56. The molecule has 138 valence electrons. The molecule has 4 rings (SSSR count). The summed E-state index contributed by atoms with van der Waals surface area (Å²) in [5, 5.41) is 14.7. The van der Waals surface area contributed by atoms with Crippen LogP contribution in [0.4, 0.5) is 5.82 Å². The van der Waals surface area contributed by atoms with Gasteiger partial charge in [0, 0.05) is 24.0 Å². The fraction of sp³-hybridized carbons (Fsp3) is 0.318. The van der Waals surface area contributed by atoms with Crippen molar-refractivity contribution in [3.05, 3.63) is 71.0 Å². The maximum Gasteiger partial charge on any atom is 0.180 e. The number of nitrogens with one attached hydrogen (secondary N) is 1. The second kappa shape index (κ2) is 7.08. The fourth-order valence-electron chi connectivity index (χ4n) is 3.72. The van der Waals surface area contributed by atoms with Crippen LogP contribution in [0, 0.1) is 13.8 Å². The number of fused-ring (bicyclic) bond motifs is 1. The van der Waals surface area contributed by atoms with E-state index in [0.29, 0.717) is 12.4 Å². The van der Waals surface area contributed by atoms with Gasteiger partial charge in [-0.2, -0.15) is 0 Å². The minimum absolute atomic E-state index is 0.420. The standard InChI is InChI=1S/C22H24N4O/c1-15-16(2)25-21(19-11-5-6-13-23-19)26-20(15)24-14-22(27)12-7-9-17-8-3-4-10-18(17)22/h3-6,8,10-11,13,27H,7,9,12,14H2,1-2H3,(H,24,25,26). The summed E-state index contributed by atoms with van der Waals surface area (Å²) in [6, 6.07) is 13.9. The van der Waals surface area contributed by atoms with Gasteiger partial charge in [0.05, 0.1) is 0 Å². The molecule has 0 aliphatic heterocycles. The molecule has 27 heavy (non-hydrogen) atoms. The summed E-state index contributed by atoms with van der Waals surface area (Å²) < 4.78 is 0. The number of aryl methyl sites for hydroxylation is 2. The molecule has 0 spiro atoms. The first-order valence-electron chi connectivity index (χ1n) is 9.38. The second-order valence-corrected chi connectivity index (χ2v) is 7.22. The van der Waals surface area contributed by atoms with E-state index in [1.807, 2.05) is 50.2 Å². The first kappa shape index (κ1) is 17.6. The number of aromatic nitrogens is 3. The van der Waals surface area contributed by atoms with E-state index in [4.69, 9.17) is 0 Å². The van der Waals surface area contributed by atoms with Crippen molar-refractivity contribution in [2.75, 3.05) is 11.9 Å². The molecule has 3 aromatic rings. The molecule has 5 heteroatoms. The van der Waals surface area contributed by atoms with Crippen LogP contribution in [-0.4, -0.2) is 26.6 Å². The molecule has 2 heterocycles. The van der Waals surface area contributed by atoms with E-state index < -0.39 is 5.60 Å². The Bertz CT molecular complexity index is 958. The van der Waals surface area contributed by atoms with Gasteiger partial charge in [-0.1, -0.05) is 30.3 Å². The molecule has 1 aliphatic rings. The molecular formula is C22H24N4O. The summed E-state index contributed by atoms with van der Waals surface area (Å²) in [7, 11) is 0. The Labute approximate surface area is 159 Å². The van der Waals surface area contributed by atoms with E-state index in [1.165, 1.54) is 5.56 Å². The lowest BCUT2D eigenvalue weighted by Crippen LogP contribution is -2.38. The molecule has 1 aliphatic carbocycles. The van der Waals surface area contributed by atoms with Crippen molar-refractivity contribution in [1.29, 1.82) is 0 Å². The number of hydrogen-bond acceptors (Lipinski definition) is 5. The maximum absolute atomic E-state index is 11.3. The van der Waals surface area contributed by atoms with Crippen molar-refractivity contribution >= 4 is 5.82 Å². The van der Waals surface area contributed by atoms with Gasteiger partial charge in [-0.05, 0) is 56.4 Å². The van der Waals surface area contributed by atoms with Crippen LogP contribution in [0.15, 0.2) is 48.7 Å². The summed E-state index contributed by atoms with van der Waals surface area (Å²) >= 11 is 0. The van der Waals surface area contributed by atoms with Gasteiger partial charge < -0.3 is 10.4 Å². The summed E-state index contributed by atoms with van der Waals surface area (Å²) in [6.07, 6.45) is 4.49. The Hall–Kier alpha value is -2.79. The Morgan fingerprint density at radius 2 is 1.89 bits per heavy atom. The molecule has 0 bridgehead atoms. The average molecular weight is 360 g/mol. The number of aliphatic hydroxyl groups is 1. The normalized spacial score (nSPS) is 18.8. The van der Waals surface area contributed by atoms with Gasteiger partial charge in [0.2, 0.25) is 0 Å². The predicted octanol–water partition coefficient (Wildman–Crippen LogP) is 3.79. The Morgan fingerprint density at radius 3 is 2.70 bits per heavy atom. The van der Waals surface area contributed by atoms with E-state index in [2.05, 4.69) is 26.3 Å². The third-order valence-electron chi connectivity index (χ3n) is 5.39. The molecule has 0 saturated carbocycles. The van der Waals surface area contributed by atoms with E-state index in [-0.39, 0.29) is 0 Å². The van der Waals surface area contributed by atoms with Crippen molar-refractivity contribution in [3.63, 3.8) is 0 Å². The highest BCUT2D eigenvalue weighted by atomic mass is 16.3. The molecule has 2 aromatic heterocycles. The van der Waals surface area contributed by atoms with Gasteiger partial charge >= 0.3 is 0 Å². The molecule has 0 radical (unpaired) electrons. The molecule has 0 fully saturated rings. The lowest BCUT2D eigenvalue weighted by Gasteiger charge is -2.35. The minimum Gasteiger partial charge on any atom is -0.383 e. The molecule has 0 amide bonds. The Balaban J connectivity index is 1.63. The summed E-state index contributed by atoms with van der Waals surface area (Å²) in [4.78, 5) is 13.6. The lowest BCUT2D eigenvalue weighted by molar-refractivity contribution is 0.0322. The number of anilines is 1. The lowest BCUT2D eigenvalue weighted by atomic mass is 9.79. The number of nitrogens with zero attached hydrogens (tertiary/aromatic N) is 3. The van der Waals surface area contributed by atoms with Crippen LogP contribution in [0.2, 0.25) is 0 Å². The van der Waals surface area contributed by atoms with Crippen LogP contribution in [0.1, 0.15) is 35.2 Å². The molecular weight excluding hydrogens is 336 g/mol. The fourth-order valence-corrected chi connectivity index (χ4v) is 3.72. The minimum atomic E-state index is -0.884. The Kier molecular flexibility index (Phi) is 4.62. The van der Waals surface area contributed by atoms with Gasteiger partial charge in [0.1, 0.15) is 17.1 Å². The van der Waals surface area contributed by atoms with Crippen molar-refractivity contribution in [3.8, 4) is 11.5 Å². The van der Waals surface area contributed by atoms with Crippen molar-refractivity contribution in [2.24, 2.45) is 0 Å². The van der Waals surface area contributed by atoms with Gasteiger partial charge in [0.25, 0.3) is 0 Å². The molecule has 1 unspecified atom stereocenters. The molecule has 2 N–H and O–H groups in total. The zero-order chi connectivity index (χ0) is 18.9. The van der Waals surface area contributed by atoms with E-state index >= 15 is 0 Å². The smallest absolute Gasteiger partial charge is 0.180 e. The highest BCUT2D eigenvalue weighted by Crippen LogP contribution is 2.35. The largest absolute Gasteiger partial charge is 0.383 e.